The van der Waals surface area contributed by atoms with E-state index in [4.69, 9.17) is 4.74 Å². The van der Waals surface area contributed by atoms with Gasteiger partial charge in [0.05, 0.1) is 11.5 Å². The van der Waals surface area contributed by atoms with Crippen LogP contribution in [-0.4, -0.2) is 18.0 Å². The average Bonchev–Trinajstić information content (AvgIpc) is 3.06. The van der Waals surface area contributed by atoms with Crippen molar-refractivity contribution in [1.29, 1.82) is 0 Å². The molecule has 0 aliphatic heterocycles. The fourth-order valence-electron chi connectivity index (χ4n) is 6.63. The fourth-order valence-corrected chi connectivity index (χ4v) is 6.63. The van der Waals surface area contributed by atoms with Crippen LogP contribution in [0.1, 0.15) is 234 Å². The fraction of sp³-hybridized carbons (Fsp3) is 0.810. The number of ether oxygens (including phenoxy) is 1. The molecule has 0 spiro atoms. The second-order valence-corrected chi connectivity index (χ2v) is 14.0. The third kappa shape index (κ3) is 27.6. The Balaban J connectivity index is 0.0000212. The second kappa shape index (κ2) is 35.0. The van der Waals surface area contributed by atoms with E-state index in [1.807, 2.05) is 0 Å². The summed E-state index contributed by atoms with van der Waals surface area (Å²) in [5, 5.41) is 11.5. The number of hydrogen-bond donors (Lipinski definition) is 0. The maximum Gasteiger partial charge on any atom is 1.00 e. The zero-order valence-electron chi connectivity index (χ0n) is 31.4. The van der Waals surface area contributed by atoms with Crippen LogP contribution >= 0.6 is 0 Å². The number of hydrogen-bond acceptors (Lipinski definition) is 4. The molecule has 0 amide bonds. The minimum atomic E-state index is -1.33. The molecule has 0 radical (unpaired) electrons. The van der Waals surface area contributed by atoms with E-state index in [9.17, 15) is 14.7 Å². The molecule has 0 saturated heterocycles. The summed E-state index contributed by atoms with van der Waals surface area (Å²) in [6.07, 6.45) is 40.1. The Kier molecular flexibility index (Phi) is 34.4. The van der Waals surface area contributed by atoms with Crippen LogP contribution in [0.2, 0.25) is 0 Å². The smallest absolute Gasteiger partial charge is 0.545 e. The minimum Gasteiger partial charge on any atom is -0.545 e. The quantitative estimate of drug-likeness (QED) is 0.0418. The largest absolute Gasteiger partial charge is 1.00 e. The van der Waals surface area contributed by atoms with Crippen molar-refractivity contribution < 1.29 is 49.0 Å². The molecule has 1 unspecified atom stereocenters. The van der Waals surface area contributed by atoms with Gasteiger partial charge in [0.15, 0.2) is 0 Å². The molecule has 5 heteroatoms. The molecule has 1 atom stereocenters. The van der Waals surface area contributed by atoms with E-state index in [0.29, 0.717) is 0 Å². The van der Waals surface area contributed by atoms with Crippen LogP contribution in [0.3, 0.4) is 0 Å². The van der Waals surface area contributed by atoms with Crippen LogP contribution in [0.15, 0.2) is 24.3 Å². The Morgan fingerprint density at radius 1 is 0.489 bits per heavy atom. The molecule has 4 nitrogen and oxygen atoms in total. The molecule has 266 valence electrons. The maximum absolute atomic E-state index is 13.0. The summed E-state index contributed by atoms with van der Waals surface area (Å²) in [6, 6.07) is 6.25. The molecule has 0 fully saturated rings. The molecule has 0 N–H and O–H groups in total. The number of carboxylic acid groups (broad SMARTS) is 1. The molecule has 0 aromatic heterocycles. The third-order valence-corrected chi connectivity index (χ3v) is 9.65. The van der Waals surface area contributed by atoms with E-state index in [-0.39, 0.29) is 46.8 Å². The first-order valence-corrected chi connectivity index (χ1v) is 20.1. The Labute approximate surface area is 313 Å². The van der Waals surface area contributed by atoms with Gasteiger partial charge in [0.2, 0.25) is 0 Å². The molecule has 0 bridgehead atoms. The second-order valence-electron chi connectivity index (χ2n) is 14.0. The summed E-state index contributed by atoms with van der Waals surface area (Å²) in [7, 11) is 0. The Morgan fingerprint density at radius 3 is 1.06 bits per heavy atom. The van der Waals surface area contributed by atoms with Gasteiger partial charge in [-0.2, -0.15) is 0 Å². The molecule has 1 rings (SSSR count). The van der Waals surface area contributed by atoms with Gasteiger partial charge in [0, 0.05) is 5.56 Å². The van der Waals surface area contributed by atoms with Crippen molar-refractivity contribution in [2.24, 2.45) is 0 Å². The number of rotatable bonds is 34. The van der Waals surface area contributed by atoms with E-state index in [1.165, 1.54) is 185 Å². The molecular formula is C42H73NaO4. The van der Waals surface area contributed by atoms with Crippen molar-refractivity contribution in [2.75, 3.05) is 0 Å². The van der Waals surface area contributed by atoms with Gasteiger partial charge in [-0.3, -0.25) is 0 Å². The standard InChI is InChI=1S/C42H74O4.Na/c1-3-5-7-9-11-13-15-17-19-21-23-25-27-29-31-35-38(46-42(45)40-37-33-32-36-39(40)41(43)44)34-30-28-26-24-22-20-18-16-14-12-10-8-6-4-2;/h32-33,36-38H,3-31,34-35H2,1-2H3,(H,43,44);/q;+1/p-1. The summed E-state index contributed by atoms with van der Waals surface area (Å²) in [5.74, 6) is -1.87. The topological polar surface area (TPSA) is 66.4 Å². The van der Waals surface area contributed by atoms with Crippen LogP contribution in [-0.2, 0) is 4.74 Å². The van der Waals surface area contributed by atoms with Crippen molar-refractivity contribution in [3.8, 4) is 0 Å². The first kappa shape index (κ1) is 46.2. The van der Waals surface area contributed by atoms with E-state index in [2.05, 4.69) is 13.8 Å². The molecule has 47 heavy (non-hydrogen) atoms. The number of carboxylic acids is 1. The van der Waals surface area contributed by atoms with Crippen molar-refractivity contribution in [2.45, 2.75) is 219 Å². The molecule has 0 heterocycles. The van der Waals surface area contributed by atoms with Crippen molar-refractivity contribution in [3.63, 3.8) is 0 Å². The van der Waals surface area contributed by atoms with Gasteiger partial charge in [-0.1, -0.05) is 205 Å². The number of benzene rings is 1. The summed E-state index contributed by atoms with van der Waals surface area (Å²) in [5.41, 5.74) is 0.0136. The van der Waals surface area contributed by atoms with E-state index in [1.54, 1.807) is 12.1 Å². The summed E-state index contributed by atoms with van der Waals surface area (Å²) in [6.45, 7) is 4.55. The summed E-state index contributed by atoms with van der Waals surface area (Å²) < 4.78 is 5.93. The molecule has 0 aliphatic carbocycles. The van der Waals surface area contributed by atoms with Gasteiger partial charge >= 0.3 is 35.5 Å². The normalized spacial score (nSPS) is 11.7. The van der Waals surface area contributed by atoms with Gasteiger partial charge in [-0.15, -0.1) is 0 Å². The number of esters is 1. The van der Waals surface area contributed by atoms with Gasteiger partial charge in [0.25, 0.3) is 0 Å². The molecule has 0 saturated carbocycles. The zero-order chi connectivity index (χ0) is 33.3. The first-order valence-electron chi connectivity index (χ1n) is 20.1. The van der Waals surface area contributed by atoms with Crippen LogP contribution in [0.4, 0.5) is 0 Å². The monoisotopic (exact) mass is 665 g/mol. The van der Waals surface area contributed by atoms with Crippen molar-refractivity contribution in [3.05, 3.63) is 35.4 Å². The van der Waals surface area contributed by atoms with Gasteiger partial charge < -0.3 is 14.6 Å². The predicted octanol–water partition coefficient (Wildman–Crippen LogP) is 9.71. The number of aromatic carboxylic acids is 1. The van der Waals surface area contributed by atoms with E-state index < -0.39 is 11.9 Å². The Hall–Kier alpha value is -0.840. The van der Waals surface area contributed by atoms with Crippen LogP contribution in [0.25, 0.3) is 0 Å². The number of carbonyl (C=O) groups is 2. The Morgan fingerprint density at radius 2 is 0.766 bits per heavy atom. The molecule has 0 aliphatic rings. The van der Waals surface area contributed by atoms with Crippen LogP contribution in [0, 0.1) is 0 Å². The minimum absolute atomic E-state index is 0. The van der Waals surface area contributed by atoms with E-state index in [0.717, 1.165) is 25.7 Å². The average molecular weight is 665 g/mol. The van der Waals surface area contributed by atoms with E-state index >= 15 is 0 Å². The molecule has 1 aromatic carbocycles. The maximum atomic E-state index is 13.0. The third-order valence-electron chi connectivity index (χ3n) is 9.65. The zero-order valence-corrected chi connectivity index (χ0v) is 33.4. The molecular weight excluding hydrogens is 591 g/mol. The summed E-state index contributed by atoms with van der Waals surface area (Å²) in [4.78, 5) is 24.5. The van der Waals surface area contributed by atoms with Gasteiger partial charge in [-0.25, -0.2) is 4.79 Å². The number of unbranched alkanes of at least 4 members (excludes halogenated alkanes) is 27. The van der Waals surface area contributed by atoms with Crippen molar-refractivity contribution >= 4 is 11.9 Å². The first-order chi connectivity index (χ1) is 22.6. The van der Waals surface area contributed by atoms with Gasteiger partial charge in [0.1, 0.15) is 6.10 Å². The summed E-state index contributed by atoms with van der Waals surface area (Å²) >= 11 is 0. The SMILES string of the molecule is CCCCCCCCCCCCCCCCCC(CCCCCCCCCCCCCCCC)OC(=O)c1ccccc1C(=O)[O-].[Na+]. The number of carbonyl (C=O) groups excluding carboxylic acids is 2. The molecule has 1 aromatic rings. The van der Waals surface area contributed by atoms with Crippen LogP contribution in [0.5, 0.6) is 0 Å². The van der Waals surface area contributed by atoms with Crippen molar-refractivity contribution in [1.82, 2.24) is 0 Å². The van der Waals surface area contributed by atoms with Crippen LogP contribution < -0.4 is 34.7 Å². The Bertz CT molecular complexity index is 842. The van der Waals surface area contributed by atoms with Gasteiger partial charge in [-0.05, 0) is 31.7 Å². The predicted molar refractivity (Wildman–Crippen MR) is 194 cm³/mol.